The number of halogens is 3. The minimum Gasteiger partial charge on any atom is -0.480 e. The zero-order chi connectivity index (χ0) is 17.7. The highest BCUT2D eigenvalue weighted by atomic mass is 127. The standard InChI is InChI=1S/C17H14F2INO3/c18-12-6-5-10(7-13(12)19)8-16(22)21-15(17(23)24)9-11-3-1-2-4-14(11)20/h1-7,15H,8-9H2,(H,21,22)(H,23,24)/t15-/m1/s1. The number of nitrogens with one attached hydrogen (secondary N) is 1. The van der Waals surface area contributed by atoms with Crippen LogP contribution in [0, 0.1) is 15.2 Å². The molecular weight excluding hydrogens is 431 g/mol. The normalized spacial score (nSPS) is 11.8. The minimum absolute atomic E-state index is 0.137. The Labute approximate surface area is 151 Å². The molecule has 0 bridgehead atoms. The molecule has 0 aliphatic heterocycles. The Morgan fingerprint density at radius 2 is 1.83 bits per heavy atom. The number of carboxylic acids is 1. The van der Waals surface area contributed by atoms with Crippen LogP contribution in [0.5, 0.6) is 0 Å². The third-order valence-electron chi connectivity index (χ3n) is 3.36. The Morgan fingerprint density at radius 3 is 2.46 bits per heavy atom. The molecule has 2 N–H and O–H groups in total. The van der Waals surface area contributed by atoms with Crippen LogP contribution in [0.25, 0.3) is 0 Å². The number of benzene rings is 2. The summed E-state index contributed by atoms with van der Waals surface area (Å²) in [6.07, 6.45) is -0.0924. The van der Waals surface area contributed by atoms with Gasteiger partial charge < -0.3 is 10.4 Å². The molecule has 2 aromatic rings. The molecule has 0 spiro atoms. The lowest BCUT2D eigenvalue weighted by Gasteiger charge is -2.15. The Balaban J connectivity index is 2.04. The number of rotatable bonds is 6. The Bertz CT molecular complexity index is 767. The molecule has 24 heavy (non-hydrogen) atoms. The predicted molar refractivity (Wildman–Crippen MR) is 92.5 cm³/mol. The van der Waals surface area contributed by atoms with E-state index in [1.54, 1.807) is 12.1 Å². The molecule has 7 heteroatoms. The molecule has 2 aromatic carbocycles. The van der Waals surface area contributed by atoms with Gasteiger partial charge in [0.15, 0.2) is 11.6 Å². The van der Waals surface area contributed by atoms with E-state index in [-0.39, 0.29) is 18.4 Å². The first-order valence-electron chi connectivity index (χ1n) is 7.06. The molecule has 126 valence electrons. The van der Waals surface area contributed by atoms with Crippen LogP contribution in [0.15, 0.2) is 42.5 Å². The summed E-state index contributed by atoms with van der Waals surface area (Å²) in [6.45, 7) is 0. The van der Waals surface area contributed by atoms with E-state index in [0.717, 1.165) is 21.3 Å². The monoisotopic (exact) mass is 445 g/mol. The molecule has 2 rings (SSSR count). The van der Waals surface area contributed by atoms with Crippen molar-refractivity contribution in [1.29, 1.82) is 0 Å². The quantitative estimate of drug-likeness (QED) is 0.673. The van der Waals surface area contributed by atoms with Crippen molar-refractivity contribution in [3.63, 3.8) is 0 Å². The summed E-state index contributed by atoms with van der Waals surface area (Å²) in [5.41, 5.74) is 1.07. The van der Waals surface area contributed by atoms with E-state index < -0.39 is 29.6 Å². The van der Waals surface area contributed by atoms with Gasteiger partial charge >= 0.3 is 5.97 Å². The first kappa shape index (κ1) is 18.3. The molecule has 0 radical (unpaired) electrons. The molecule has 4 nitrogen and oxygen atoms in total. The predicted octanol–water partition coefficient (Wildman–Crippen LogP) is 2.92. The molecule has 0 saturated carbocycles. The third kappa shape index (κ3) is 4.98. The van der Waals surface area contributed by atoms with Crippen LogP contribution in [-0.2, 0) is 22.4 Å². The summed E-state index contributed by atoms with van der Waals surface area (Å²) in [6, 6.07) is 9.30. The number of carbonyl (C=O) groups is 2. The van der Waals surface area contributed by atoms with Crippen molar-refractivity contribution in [2.75, 3.05) is 0 Å². The largest absolute Gasteiger partial charge is 0.480 e. The van der Waals surface area contributed by atoms with Crippen molar-refractivity contribution in [3.05, 3.63) is 68.8 Å². The van der Waals surface area contributed by atoms with Gasteiger partial charge in [-0.05, 0) is 51.9 Å². The second kappa shape index (κ2) is 8.18. The Morgan fingerprint density at radius 1 is 1.12 bits per heavy atom. The Hall–Kier alpha value is -2.03. The van der Waals surface area contributed by atoms with E-state index in [1.165, 1.54) is 6.07 Å². The lowest BCUT2D eigenvalue weighted by Crippen LogP contribution is -2.43. The van der Waals surface area contributed by atoms with Gasteiger partial charge in [0.25, 0.3) is 0 Å². The van der Waals surface area contributed by atoms with Crippen molar-refractivity contribution in [2.24, 2.45) is 0 Å². The summed E-state index contributed by atoms with van der Waals surface area (Å²) in [4.78, 5) is 23.4. The van der Waals surface area contributed by atoms with Crippen LogP contribution < -0.4 is 5.32 Å². The van der Waals surface area contributed by atoms with Crippen LogP contribution in [0.4, 0.5) is 8.78 Å². The van der Waals surface area contributed by atoms with Gasteiger partial charge in [0.2, 0.25) is 5.91 Å². The number of hydrogen-bond donors (Lipinski definition) is 2. The summed E-state index contributed by atoms with van der Waals surface area (Å²) >= 11 is 2.09. The van der Waals surface area contributed by atoms with Gasteiger partial charge in [-0.2, -0.15) is 0 Å². The van der Waals surface area contributed by atoms with Gasteiger partial charge in [-0.25, -0.2) is 13.6 Å². The molecule has 0 saturated heterocycles. The van der Waals surface area contributed by atoms with Crippen LogP contribution in [-0.4, -0.2) is 23.0 Å². The van der Waals surface area contributed by atoms with E-state index in [9.17, 15) is 23.5 Å². The maximum Gasteiger partial charge on any atom is 0.326 e. The number of aliphatic carboxylic acids is 1. The van der Waals surface area contributed by atoms with Gasteiger partial charge in [0.05, 0.1) is 6.42 Å². The van der Waals surface area contributed by atoms with Gasteiger partial charge in [0.1, 0.15) is 6.04 Å². The van der Waals surface area contributed by atoms with Crippen molar-refractivity contribution < 1.29 is 23.5 Å². The fourth-order valence-electron chi connectivity index (χ4n) is 2.16. The first-order chi connectivity index (χ1) is 11.4. The van der Waals surface area contributed by atoms with Crippen molar-refractivity contribution in [1.82, 2.24) is 5.32 Å². The first-order valence-corrected chi connectivity index (χ1v) is 8.14. The molecule has 0 fully saturated rings. The molecule has 0 unspecified atom stereocenters. The van der Waals surface area contributed by atoms with Gasteiger partial charge in [-0.1, -0.05) is 24.3 Å². The topological polar surface area (TPSA) is 66.4 Å². The van der Waals surface area contributed by atoms with Crippen LogP contribution in [0.1, 0.15) is 11.1 Å². The third-order valence-corrected chi connectivity index (χ3v) is 4.42. The highest BCUT2D eigenvalue weighted by molar-refractivity contribution is 14.1. The lowest BCUT2D eigenvalue weighted by atomic mass is 10.1. The summed E-state index contributed by atoms with van der Waals surface area (Å²) < 4.78 is 26.9. The second-order valence-corrected chi connectivity index (χ2v) is 6.34. The second-order valence-electron chi connectivity index (χ2n) is 5.18. The van der Waals surface area contributed by atoms with E-state index in [2.05, 4.69) is 27.9 Å². The van der Waals surface area contributed by atoms with E-state index in [1.807, 2.05) is 12.1 Å². The molecule has 1 atom stereocenters. The van der Waals surface area contributed by atoms with Crippen LogP contribution in [0.2, 0.25) is 0 Å². The fourth-order valence-corrected chi connectivity index (χ4v) is 2.77. The SMILES string of the molecule is O=C(Cc1ccc(F)c(F)c1)N[C@H](Cc1ccccc1I)C(=O)O. The number of amides is 1. The average molecular weight is 445 g/mol. The van der Waals surface area contributed by atoms with Crippen LogP contribution in [0.3, 0.4) is 0 Å². The van der Waals surface area contributed by atoms with Crippen molar-refractivity contribution in [3.8, 4) is 0 Å². The van der Waals surface area contributed by atoms with E-state index >= 15 is 0 Å². The number of carbonyl (C=O) groups excluding carboxylic acids is 1. The van der Waals surface area contributed by atoms with Crippen molar-refractivity contribution in [2.45, 2.75) is 18.9 Å². The molecule has 0 heterocycles. The molecule has 0 aromatic heterocycles. The smallest absolute Gasteiger partial charge is 0.326 e. The molecule has 0 aliphatic carbocycles. The van der Waals surface area contributed by atoms with Gasteiger partial charge in [-0.3, -0.25) is 4.79 Å². The number of carboxylic acid groups (broad SMARTS) is 1. The van der Waals surface area contributed by atoms with Gasteiger partial charge in [0, 0.05) is 9.99 Å². The zero-order valence-corrected chi connectivity index (χ0v) is 14.6. The summed E-state index contributed by atoms with van der Waals surface area (Å²) in [7, 11) is 0. The maximum absolute atomic E-state index is 13.2. The zero-order valence-electron chi connectivity index (χ0n) is 12.4. The lowest BCUT2D eigenvalue weighted by molar-refractivity contribution is -0.141. The summed E-state index contributed by atoms with van der Waals surface area (Å²) in [5, 5.41) is 11.7. The average Bonchev–Trinajstić information content (AvgIpc) is 2.52. The maximum atomic E-state index is 13.2. The minimum atomic E-state index is -1.16. The van der Waals surface area contributed by atoms with Crippen molar-refractivity contribution >= 4 is 34.5 Å². The Kier molecular flexibility index (Phi) is 6.24. The highest BCUT2D eigenvalue weighted by Gasteiger charge is 2.21. The molecule has 1 amide bonds. The van der Waals surface area contributed by atoms with E-state index in [0.29, 0.717) is 0 Å². The number of hydrogen-bond acceptors (Lipinski definition) is 2. The fraction of sp³-hybridized carbons (Fsp3) is 0.176. The van der Waals surface area contributed by atoms with Gasteiger partial charge in [-0.15, -0.1) is 0 Å². The molecule has 0 aliphatic rings. The van der Waals surface area contributed by atoms with E-state index in [4.69, 9.17) is 0 Å². The highest BCUT2D eigenvalue weighted by Crippen LogP contribution is 2.14. The molecular formula is C17H14F2INO3. The van der Waals surface area contributed by atoms with Crippen LogP contribution >= 0.6 is 22.6 Å². The summed E-state index contributed by atoms with van der Waals surface area (Å²) in [5.74, 6) is -3.78.